The van der Waals surface area contributed by atoms with Crippen LogP contribution in [0.25, 0.3) is 0 Å². The van der Waals surface area contributed by atoms with Gasteiger partial charge in [-0.1, -0.05) is 23.2 Å². The minimum absolute atomic E-state index is 0.0578. The van der Waals surface area contributed by atoms with Crippen molar-refractivity contribution >= 4 is 52.1 Å². The fourth-order valence-electron chi connectivity index (χ4n) is 2.28. The number of anilines is 2. The molecule has 0 aliphatic heterocycles. The third-order valence-electron chi connectivity index (χ3n) is 3.63. The van der Waals surface area contributed by atoms with E-state index in [1.54, 1.807) is 6.07 Å². The van der Waals surface area contributed by atoms with Crippen LogP contribution in [0.1, 0.15) is 20.9 Å². The summed E-state index contributed by atoms with van der Waals surface area (Å²) in [5, 5.41) is 16.2. The molecule has 2 aromatic carbocycles. The topological polar surface area (TPSA) is 114 Å². The van der Waals surface area contributed by atoms with E-state index in [9.17, 15) is 19.7 Å². The summed E-state index contributed by atoms with van der Waals surface area (Å²) >= 11 is 11.9. The Labute approximate surface area is 168 Å². The lowest BCUT2D eigenvalue weighted by atomic mass is 10.2. The lowest BCUT2D eigenvalue weighted by Gasteiger charge is -2.10. The fourth-order valence-corrected chi connectivity index (χ4v) is 2.70. The average molecular weight is 420 g/mol. The van der Waals surface area contributed by atoms with E-state index >= 15 is 0 Å². The van der Waals surface area contributed by atoms with Crippen LogP contribution >= 0.6 is 23.2 Å². The molecule has 3 rings (SSSR count). The van der Waals surface area contributed by atoms with Gasteiger partial charge in [-0.15, -0.1) is 0 Å². The van der Waals surface area contributed by atoms with Gasteiger partial charge in [-0.25, -0.2) is 0 Å². The Bertz CT molecular complexity index is 1070. The number of nitrogens with one attached hydrogen (secondary N) is 2. The van der Waals surface area contributed by atoms with E-state index in [1.165, 1.54) is 42.7 Å². The molecular formula is C18H11Cl2N3O5. The molecule has 0 saturated carbocycles. The number of rotatable bonds is 5. The summed E-state index contributed by atoms with van der Waals surface area (Å²) in [5.74, 6) is -0.932. The van der Waals surface area contributed by atoms with Gasteiger partial charge in [-0.3, -0.25) is 19.7 Å². The summed E-state index contributed by atoms with van der Waals surface area (Å²) in [6.07, 6.45) is 1.37. The second-order valence-electron chi connectivity index (χ2n) is 5.50. The van der Waals surface area contributed by atoms with Gasteiger partial charge in [0.15, 0.2) is 5.76 Å². The highest BCUT2D eigenvalue weighted by molar-refractivity contribution is 6.34. The van der Waals surface area contributed by atoms with Gasteiger partial charge in [0.25, 0.3) is 17.5 Å². The molecule has 0 atom stereocenters. The summed E-state index contributed by atoms with van der Waals surface area (Å²) in [5.41, 5.74) is 0.345. The molecule has 1 heterocycles. The molecule has 1 aromatic heterocycles. The Hall–Kier alpha value is -3.36. The van der Waals surface area contributed by atoms with Gasteiger partial charge in [-0.05, 0) is 42.5 Å². The number of carbonyl (C=O) groups is 2. The first kappa shape index (κ1) is 19.4. The highest BCUT2D eigenvalue weighted by Gasteiger charge is 2.17. The number of nitro groups is 1. The van der Waals surface area contributed by atoms with Gasteiger partial charge in [0.2, 0.25) is 0 Å². The van der Waals surface area contributed by atoms with E-state index in [0.717, 1.165) is 6.07 Å². The van der Waals surface area contributed by atoms with Gasteiger partial charge >= 0.3 is 0 Å². The summed E-state index contributed by atoms with van der Waals surface area (Å²) in [4.78, 5) is 34.6. The van der Waals surface area contributed by atoms with Crippen molar-refractivity contribution < 1.29 is 18.9 Å². The number of hydrogen-bond donors (Lipinski definition) is 2. The monoisotopic (exact) mass is 419 g/mol. The first-order valence-corrected chi connectivity index (χ1v) is 8.50. The largest absolute Gasteiger partial charge is 0.459 e. The maximum atomic E-state index is 12.3. The summed E-state index contributed by atoms with van der Waals surface area (Å²) in [7, 11) is 0. The van der Waals surface area contributed by atoms with E-state index in [4.69, 9.17) is 27.6 Å². The molecule has 8 nitrogen and oxygen atoms in total. The van der Waals surface area contributed by atoms with Gasteiger partial charge < -0.3 is 15.1 Å². The molecule has 2 amide bonds. The van der Waals surface area contributed by atoms with E-state index < -0.39 is 16.7 Å². The SMILES string of the molecule is O=C(Nc1ccc(NC(=O)c2ccco2)c(Cl)c1)c1ccc(Cl)c([N+](=O)[O-])c1. The maximum Gasteiger partial charge on any atom is 0.291 e. The van der Waals surface area contributed by atoms with E-state index in [2.05, 4.69) is 10.6 Å². The molecule has 142 valence electrons. The Balaban J connectivity index is 1.74. The molecule has 0 radical (unpaired) electrons. The minimum atomic E-state index is -0.674. The summed E-state index contributed by atoms with van der Waals surface area (Å²) < 4.78 is 5.00. The van der Waals surface area contributed by atoms with Gasteiger partial charge in [0.1, 0.15) is 5.02 Å². The van der Waals surface area contributed by atoms with Crippen molar-refractivity contribution in [3.05, 3.63) is 86.3 Å². The molecular weight excluding hydrogens is 409 g/mol. The minimum Gasteiger partial charge on any atom is -0.459 e. The zero-order chi connectivity index (χ0) is 20.3. The molecule has 0 aliphatic carbocycles. The van der Waals surface area contributed by atoms with Crippen molar-refractivity contribution in [3.63, 3.8) is 0 Å². The van der Waals surface area contributed by atoms with Crippen LogP contribution in [0.2, 0.25) is 10.0 Å². The Morgan fingerprint density at radius 3 is 2.39 bits per heavy atom. The van der Waals surface area contributed by atoms with Crippen molar-refractivity contribution in [3.8, 4) is 0 Å². The first-order valence-electron chi connectivity index (χ1n) is 7.75. The number of nitrogens with zero attached hydrogens (tertiary/aromatic N) is 1. The Morgan fingerprint density at radius 1 is 0.964 bits per heavy atom. The van der Waals surface area contributed by atoms with Crippen LogP contribution in [-0.4, -0.2) is 16.7 Å². The number of carbonyl (C=O) groups excluding carboxylic acids is 2. The average Bonchev–Trinajstić information content (AvgIpc) is 3.19. The Kier molecular flexibility index (Phi) is 5.62. The second-order valence-corrected chi connectivity index (χ2v) is 6.32. The molecule has 0 unspecified atom stereocenters. The molecule has 28 heavy (non-hydrogen) atoms. The van der Waals surface area contributed by atoms with Crippen molar-refractivity contribution in [1.82, 2.24) is 0 Å². The van der Waals surface area contributed by atoms with Crippen LogP contribution in [0.15, 0.2) is 59.2 Å². The van der Waals surface area contributed by atoms with Crippen LogP contribution in [0.4, 0.5) is 17.1 Å². The van der Waals surface area contributed by atoms with Crippen LogP contribution in [0, 0.1) is 10.1 Å². The molecule has 0 bridgehead atoms. The molecule has 0 aliphatic rings. The number of hydrogen-bond acceptors (Lipinski definition) is 5. The molecule has 3 aromatic rings. The molecule has 0 fully saturated rings. The van der Waals surface area contributed by atoms with Crippen LogP contribution in [-0.2, 0) is 0 Å². The zero-order valence-corrected chi connectivity index (χ0v) is 15.5. The Morgan fingerprint density at radius 2 is 1.75 bits per heavy atom. The highest BCUT2D eigenvalue weighted by Crippen LogP contribution is 2.28. The van der Waals surface area contributed by atoms with E-state index in [1.807, 2.05) is 0 Å². The number of furan rings is 1. The predicted molar refractivity (Wildman–Crippen MR) is 104 cm³/mol. The normalized spacial score (nSPS) is 10.4. The van der Waals surface area contributed by atoms with Gasteiger partial charge in [-0.2, -0.15) is 0 Å². The van der Waals surface area contributed by atoms with Gasteiger partial charge in [0, 0.05) is 17.3 Å². The number of nitro benzene ring substituents is 1. The molecule has 0 spiro atoms. The maximum absolute atomic E-state index is 12.3. The summed E-state index contributed by atoms with van der Waals surface area (Å²) in [6.45, 7) is 0. The second kappa shape index (κ2) is 8.12. The van der Waals surface area contributed by atoms with Crippen molar-refractivity contribution in [2.45, 2.75) is 0 Å². The molecule has 2 N–H and O–H groups in total. The van der Waals surface area contributed by atoms with Crippen molar-refractivity contribution in [1.29, 1.82) is 0 Å². The standard InChI is InChI=1S/C18H11Cl2N3O5/c19-12-5-3-10(8-15(12)23(26)27)17(24)21-11-4-6-14(13(20)9-11)22-18(25)16-2-1-7-28-16/h1-9H,(H,21,24)(H,22,25). The summed E-state index contributed by atoms with van der Waals surface area (Å²) in [6, 6.07) is 11.3. The van der Waals surface area contributed by atoms with Gasteiger partial charge in [0.05, 0.1) is 21.9 Å². The van der Waals surface area contributed by atoms with Crippen LogP contribution in [0.5, 0.6) is 0 Å². The first-order chi connectivity index (χ1) is 13.3. The van der Waals surface area contributed by atoms with Crippen LogP contribution < -0.4 is 10.6 Å². The highest BCUT2D eigenvalue weighted by atomic mass is 35.5. The van der Waals surface area contributed by atoms with Crippen molar-refractivity contribution in [2.75, 3.05) is 10.6 Å². The smallest absolute Gasteiger partial charge is 0.291 e. The molecule has 0 saturated heterocycles. The number of halogens is 2. The fraction of sp³-hybridized carbons (Fsp3) is 0. The van der Waals surface area contributed by atoms with Crippen LogP contribution in [0.3, 0.4) is 0 Å². The van der Waals surface area contributed by atoms with E-state index in [-0.39, 0.29) is 27.1 Å². The lowest BCUT2D eigenvalue weighted by molar-refractivity contribution is -0.384. The molecule has 10 heteroatoms. The number of benzene rings is 2. The quantitative estimate of drug-likeness (QED) is 0.445. The predicted octanol–water partition coefficient (Wildman–Crippen LogP) is 5.00. The zero-order valence-electron chi connectivity index (χ0n) is 13.9. The number of amides is 2. The third-order valence-corrected chi connectivity index (χ3v) is 4.26. The van der Waals surface area contributed by atoms with E-state index in [0.29, 0.717) is 11.4 Å². The lowest BCUT2D eigenvalue weighted by Crippen LogP contribution is -2.13. The third kappa shape index (κ3) is 4.30. The van der Waals surface area contributed by atoms with Crippen molar-refractivity contribution in [2.24, 2.45) is 0 Å².